The standard InChI is InChI=1S/C20H23N3O6S/c1-15-6-7-16(12-19(15)23(25)26)20(24)21-13-17-4-2-3-5-18(17)14-30(27,28)22-8-10-29-11-9-22/h2-7,12H,8-11,13-14H2,1H3,(H,21,24). The Morgan fingerprint density at radius 3 is 2.50 bits per heavy atom. The Morgan fingerprint density at radius 2 is 1.83 bits per heavy atom. The Balaban J connectivity index is 1.71. The maximum atomic E-state index is 12.7. The van der Waals surface area contributed by atoms with Crippen molar-refractivity contribution >= 4 is 21.6 Å². The summed E-state index contributed by atoms with van der Waals surface area (Å²) in [4.78, 5) is 23.0. The highest BCUT2D eigenvalue weighted by Gasteiger charge is 2.25. The van der Waals surface area contributed by atoms with E-state index in [1.165, 1.54) is 22.5 Å². The molecule has 0 radical (unpaired) electrons. The van der Waals surface area contributed by atoms with E-state index < -0.39 is 20.9 Å². The van der Waals surface area contributed by atoms with E-state index in [2.05, 4.69) is 5.32 Å². The fourth-order valence-corrected chi connectivity index (χ4v) is 4.77. The van der Waals surface area contributed by atoms with Gasteiger partial charge in [-0.2, -0.15) is 4.31 Å². The van der Waals surface area contributed by atoms with Crippen LogP contribution in [0, 0.1) is 17.0 Å². The normalized spacial score (nSPS) is 15.0. The van der Waals surface area contributed by atoms with Gasteiger partial charge in [0.05, 0.1) is 23.9 Å². The first-order valence-corrected chi connectivity index (χ1v) is 11.0. The molecule has 0 unspecified atom stereocenters. The maximum absolute atomic E-state index is 12.7. The lowest BCUT2D eigenvalue weighted by molar-refractivity contribution is -0.385. The lowest BCUT2D eigenvalue weighted by Crippen LogP contribution is -2.41. The fourth-order valence-electron chi connectivity index (χ4n) is 3.21. The number of rotatable bonds is 7. The molecule has 0 aromatic heterocycles. The van der Waals surface area contributed by atoms with Crippen molar-refractivity contribution in [2.24, 2.45) is 0 Å². The van der Waals surface area contributed by atoms with Crippen molar-refractivity contribution in [2.75, 3.05) is 26.3 Å². The molecule has 0 atom stereocenters. The van der Waals surface area contributed by atoms with Crippen molar-refractivity contribution < 1.29 is 22.9 Å². The van der Waals surface area contributed by atoms with Crippen LogP contribution in [0.3, 0.4) is 0 Å². The topological polar surface area (TPSA) is 119 Å². The highest BCUT2D eigenvalue weighted by molar-refractivity contribution is 7.88. The highest BCUT2D eigenvalue weighted by Crippen LogP contribution is 2.20. The third-order valence-electron chi connectivity index (χ3n) is 4.93. The predicted molar refractivity (Wildman–Crippen MR) is 110 cm³/mol. The Morgan fingerprint density at radius 1 is 1.17 bits per heavy atom. The SMILES string of the molecule is Cc1ccc(C(=O)NCc2ccccc2CS(=O)(=O)N2CCOCC2)cc1[N+](=O)[O-]. The molecule has 0 spiro atoms. The number of nitro benzene ring substituents is 1. The van der Waals surface area contributed by atoms with Gasteiger partial charge >= 0.3 is 0 Å². The van der Waals surface area contributed by atoms with Crippen LogP contribution in [0.4, 0.5) is 5.69 Å². The molecule has 10 heteroatoms. The Hall–Kier alpha value is -2.82. The minimum absolute atomic E-state index is 0.106. The monoisotopic (exact) mass is 433 g/mol. The van der Waals surface area contributed by atoms with Gasteiger partial charge in [0.15, 0.2) is 0 Å². The number of amides is 1. The molecule has 1 fully saturated rings. The summed E-state index contributed by atoms with van der Waals surface area (Å²) in [6.07, 6.45) is 0. The summed E-state index contributed by atoms with van der Waals surface area (Å²) in [6, 6.07) is 11.3. The minimum Gasteiger partial charge on any atom is -0.379 e. The van der Waals surface area contributed by atoms with Crippen LogP contribution >= 0.6 is 0 Å². The van der Waals surface area contributed by atoms with Gasteiger partial charge in [-0.15, -0.1) is 0 Å². The van der Waals surface area contributed by atoms with Crippen LogP contribution in [0.2, 0.25) is 0 Å². The van der Waals surface area contributed by atoms with E-state index in [0.29, 0.717) is 43.0 Å². The molecule has 1 amide bonds. The second-order valence-electron chi connectivity index (χ2n) is 6.98. The second kappa shape index (κ2) is 9.33. The van der Waals surface area contributed by atoms with E-state index in [-0.39, 0.29) is 23.5 Å². The van der Waals surface area contributed by atoms with Crippen LogP contribution in [-0.2, 0) is 27.1 Å². The van der Waals surface area contributed by atoms with E-state index in [1.54, 1.807) is 31.2 Å². The van der Waals surface area contributed by atoms with Gasteiger partial charge in [0, 0.05) is 36.8 Å². The molecule has 2 aromatic carbocycles. The Labute approximate surface area is 174 Å². The number of aryl methyl sites for hydroxylation is 1. The first-order valence-electron chi connectivity index (χ1n) is 9.43. The van der Waals surface area contributed by atoms with Crippen molar-refractivity contribution in [2.45, 2.75) is 19.2 Å². The van der Waals surface area contributed by atoms with Crippen LogP contribution in [0.15, 0.2) is 42.5 Å². The van der Waals surface area contributed by atoms with Gasteiger partial charge in [-0.3, -0.25) is 14.9 Å². The maximum Gasteiger partial charge on any atom is 0.273 e. The van der Waals surface area contributed by atoms with Crippen LogP contribution in [0.5, 0.6) is 0 Å². The first kappa shape index (κ1) is 21.9. The van der Waals surface area contributed by atoms with Gasteiger partial charge in [0.25, 0.3) is 11.6 Å². The van der Waals surface area contributed by atoms with E-state index in [0.717, 1.165) is 0 Å². The van der Waals surface area contributed by atoms with Crippen molar-refractivity contribution in [1.82, 2.24) is 9.62 Å². The number of morpholine rings is 1. The number of nitrogens with one attached hydrogen (secondary N) is 1. The number of carbonyl (C=O) groups is 1. The largest absolute Gasteiger partial charge is 0.379 e. The molecule has 30 heavy (non-hydrogen) atoms. The van der Waals surface area contributed by atoms with Crippen molar-refractivity contribution in [3.05, 3.63) is 74.8 Å². The van der Waals surface area contributed by atoms with E-state index >= 15 is 0 Å². The summed E-state index contributed by atoms with van der Waals surface area (Å²) < 4.78 is 32.1. The summed E-state index contributed by atoms with van der Waals surface area (Å²) in [7, 11) is -3.50. The Kier molecular flexibility index (Phi) is 6.80. The lowest BCUT2D eigenvalue weighted by atomic mass is 10.1. The van der Waals surface area contributed by atoms with Gasteiger partial charge in [-0.05, 0) is 24.1 Å². The van der Waals surface area contributed by atoms with Crippen LogP contribution in [-0.4, -0.2) is 49.9 Å². The van der Waals surface area contributed by atoms with Gasteiger partial charge in [0.1, 0.15) is 0 Å². The summed E-state index contributed by atoms with van der Waals surface area (Å²) in [6.45, 7) is 3.11. The summed E-state index contributed by atoms with van der Waals surface area (Å²) >= 11 is 0. The molecule has 9 nitrogen and oxygen atoms in total. The number of nitrogens with zero attached hydrogens (tertiary/aromatic N) is 2. The van der Waals surface area contributed by atoms with Crippen LogP contribution < -0.4 is 5.32 Å². The van der Waals surface area contributed by atoms with E-state index in [4.69, 9.17) is 4.74 Å². The summed E-state index contributed by atoms with van der Waals surface area (Å²) in [5, 5.41) is 13.8. The second-order valence-corrected chi connectivity index (χ2v) is 8.95. The van der Waals surface area contributed by atoms with Gasteiger partial charge < -0.3 is 10.1 Å². The summed E-state index contributed by atoms with van der Waals surface area (Å²) in [5.41, 5.74) is 1.78. The molecule has 1 saturated heterocycles. The molecule has 1 aliphatic rings. The molecule has 1 N–H and O–H groups in total. The highest BCUT2D eigenvalue weighted by atomic mass is 32.2. The third-order valence-corrected chi connectivity index (χ3v) is 6.75. The van der Waals surface area contributed by atoms with E-state index in [1.807, 2.05) is 0 Å². The zero-order valence-corrected chi connectivity index (χ0v) is 17.4. The van der Waals surface area contributed by atoms with Crippen molar-refractivity contribution in [3.63, 3.8) is 0 Å². The lowest BCUT2D eigenvalue weighted by Gasteiger charge is -2.26. The molecule has 1 aliphatic heterocycles. The zero-order chi connectivity index (χ0) is 21.7. The molecule has 160 valence electrons. The quantitative estimate of drug-likeness (QED) is 0.527. The molecule has 3 rings (SSSR count). The zero-order valence-electron chi connectivity index (χ0n) is 16.5. The van der Waals surface area contributed by atoms with Gasteiger partial charge in [-0.25, -0.2) is 8.42 Å². The average Bonchev–Trinajstić information content (AvgIpc) is 2.73. The van der Waals surface area contributed by atoms with Gasteiger partial charge in [0.2, 0.25) is 10.0 Å². The molecule has 2 aromatic rings. The minimum atomic E-state index is -3.50. The molecular weight excluding hydrogens is 410 g/mol. The number of hydrogen-bond donors (Lipinski definition) is 1. The van der Waals surface area contributed by atoms with Gasteiger partial charge in [-0.1, -0.05) is 30.3 Å². The average molecular weight is 433 g/mol. The summed E-state index contributed by atoms with van der Waals surface area (Å²) in [5.74, 6) is -0.640. The number of nitro groups is 1. The number of sulfonamides is 1. The van der Waals surface area contributed by atoms with Crippen molar-refractivity contribution in [1.29, 1.82) is 0 Å². The van der Waals surface area contributed by atoms with Crippen LogP contribution in [0.25, 0.3) is 0 Å². The first-order chi connectivity index (χ1) is 14.3. The molecular formula is C20H23N3O6S. The predicted octanol–water partition coefficient (Wildman–Crippen LogP) is 2.00. The Bertz CT molecular complexity index is 1050. The molecule has 1 heterocycles. The smallest absolute Gasteiger partial charge is 0.273 e. The fraction of sp³-hybridized carbons (Fsp3) is 0.350. The number of carbonyl (C=O) groups excluding carboxylic acids is 1. The van der Waals surface area contributed by atoms with Crippen molar-refractivity contribution in [3.8, 4) is 0 Å². The van der Waals surface area contributed by atoms with Crippen LogP contribution in [0.1, 0.15) is 27.0 Å². The molecule has 0 saturated carbocycles. The number of benzene rings is 2. The number of ether oxygens (including phenoxy) is 1. The molecule has 0 bridgehead atoms. The molecule has 0 aliphatic carbocycles. The third kappa shape index (κ3) is 5.21. The number of hydrogen-bond acceptors (Lipinski definition) is 6. The van der Waals surface area contributed by atoms with E-state index in [9.17, 15) is 23.3 Å².